The van der Waals surface area contributed by atoms with E-state index in [1.165, 1.54) is 17.3 Å². The highest BCUT2D eigenvalue weighted by atomic mass is 19.4. The fraction of sp³-hybridized carbons (Fsp3) is 0.312. The first-order valence-electron chi connectivity index (χ1n) is 13.9. The molecule has 2 aliphatic rings. The van der Waals surface area contributed by atoms with Crippen molar-refractivity contribution in [2.75, 3.05) is 31.5 Å². The van der Waals surface area contributed by atoms with Gasteiger partial charge in [-0.15, -0.1) is 0 Å². The zero-order valence-electron chi connectivity index (χ0n) is 22.8. The quantitative estimate of drug-likeness (QED) is 0.308. The van der Waals surface area contributed by atoms with Crippen LogP contribution in [-0.4, -0.2) is 57.8 Å². The van der Waals surface area contributed by atoms with Gasteiger partial charge in [-0.2, -0.15) is 18.3 Å². The third-order valence-corrected chi connectivity index (χ3v) is 8.15. The van der Waals surface area contributed by atoms with Gasteiger partial charge in [0.05, 0.1) is 18.3 Å². The summed E-state index contributed by atoms with van der Waals surface area (Å²) < 4.78 is 43.4. The molecular weight excluding hydrogens is 527 g/mol. The lowest BCUT2D eigenvalue weighted by molar-refractivity contribution is -0.173. The molecule has 6 rings (SSSR count). The summed E-state index contributed by atoms with van der Waals surface area (Å²) in [6.07, 6.45) is -3.42. The van der Waals surface area contributed by atoms with Crippen molar-refractivity contribution < 1.29 is 18.0 Å². The van der Waals surface area contributed by atoms with Gasteiger partial charge in [0.2, 0.25) is 0 Å². The number of rotatable bonds is 5. The van der Waals surface area contributed by atoms with Crippen LogP contribution in [0.2, 0.25) is 0 Å². The Bertz CT molecular complexity index is 1440. The zero-order valence-corrected chi connectivity index (χ0v) is 22.8. The van der Waals surface area contributed by atoms with Crippen LogP contribution in [0.1, 0.15) is 57.2 Å². The molecule has 0 saturated carbocycles. The number of anilines is 1. The molecule has 9 heteroatoms. The van der Waals surface area contributed by atoms with E-state index in [2.05, 4.69) is 39.6 Å². The number of hydrogen-bond acceptors (Lipinski definition) is 4. The molecule has 2 atom stereocenters. The van der Waals surface area contributed by atoms with Crippen LogP contribution in [0, 0.1) is 6.92 Å². The van der Waals surface area contributed by atoms with Crippen LogP contribution in [0.5, 0.6) is 0 Å². The Morgan fingerprint density at radius 3 is 2.02 bits per heavy atom. The van der Waals surface area contributed by atoms with E-state index < -0.39 is 18.3 Å². The molecule has 0 bridgehead atoms. The van der Waals surface area contributed by atoms with Gasteiger partial charge < -0.3 is 10.2 Å². The number of aromatic nitrogens is 2. The average Bonchev–Trinajstić information content (AvgIpc) is 3.42. The van der Waals surface area contributed by atoms with Crippen LogP contribution in [0.15, 0.2) is 91.1 Å². The SMILES string of the molecule is Cc1ccc([C@@H]2C[C@@H](C(F)(F)F)n3ncc(C(=O)N4CCN(C(c5ccccc5)c5ccccc5)CC4)c3N2)cc1. The lowest BCUT2D eigenvalue weighted by atomic mass is 9.95. The minimum atomic E-state index is -4.50. The highest BCUT2D eigenvalue weighted by molar-refractivity contribution is 5.99. The highest BCUT2D eigenvalue weighted by Gasteiger charge is 2.47. The Morgan fingerprint density at radius 2 is 1.46 bits per heavy atom. The predicted molar refractivity (Wildman–Crippen MR) is 152 cm³/mol. The van der Waals surface area contributed by atoms with Gasteiger partial charge in [-0.05, 0) is 23.6 Å². The number of halogens is 3. The number of nitrogens with zero attached hydrogens (tertiary/aromatic N) is 4. The molecule has 2 aliphatic heterocycles. The van der Waals surface area contributed by atoms with Crippen molar-refractivity contribution in [1.29, 1.82) is 0 Å². The summed E-state index contributed by atoms with van der Waals surface area (Å²) in [4.78, 5) is 17.8. The second-order valence-corrected chi connectivity index (χ2v) is 10.8. The summed E-state index contributed by atoms with van der Waals surface area (Å²) in [6, 6.07) is 25.6. The van der Waals surface area contributed by atoms with E-state index in [9.17, 15) is 18.0 Å². The number of aryl methyl sites for hydroxylation is 1. The summed E-state index contributed by atoms with van der Waals surface area (Å²) in [6.45, 7) is 4.13. The van der Waals surface area contributed by atoms with Gasteiger partial charge in [-0.25, -0.2) is 4.68 Å². The molecular formula is C32H32F3N5O. The molecule has 1 aromatic heterocycles. The third kappa shape index (κ3) is 5.46. The second-order valence-electron chi connectivity index (χ2n) is 10.8. The van der Waals surface area contributed by atoms with Gasteiger partial charge >= 0.3 is 6.18 Å². The van der Waals surface area contributed by atoms with Crippen LogP contribution in [0.25, 0.3) is 0 Å². The number of benzene rings is 3. The molecule has 3 heterocycles. The highest BCUT2D eigenvalue weighted by Crippen LogP contribution is 2.44. The molecule has 0 spiro atoms. The molecule has 3 aromatic carbocycles. The van der Waals surface area contributed by atoms with Crippen molar-refractivity contribution in [1.82, 2.24) is 19.6 Å². The van der Waals surface area contributed by atoms with Crippen molar-refractivity contribution >= 4 is 11.7 Å². The third-order valence-electron chi connectivity index (χ3n) is 8.15. The van der Waals surface area contributed by atoms with E-state index in [4.69, 9.17) is 0 Å². The maximum atomic E-state index is 14.1. The van der Waals surface area contributed by atoms with Gasteiger partial charge in [0.25, 0.3) is 5.91 Å². The summed E-state index contributed by atoms with van der Waals surface area (Å²) in [7, 11) is 0. The number of carbonyl (C=O) groups excluding carboxylic acids is 1. The topological polar surface area (TPSA) is 53.4 Å². The van der Waals surface area contributed by atoms with Crippen molar-refractivity contribution in [2.45, 2.75) is 37.6 Å². The molecule has 6 nitrogen and oxygen atoms in total. The Hall–Kier alpha value is -4.11. The predicted octanol–water partition coefficient (Wildman–Crippen LogP) is 6.40. The number of hydrogen-bond donors (Lipinski definition) is 1. The maximum Gasteiger partial charge on any atom is 0.410 e. The van der Waals surface area contributed by atoms with Crippen LogP contribution >= 0.6 is 0 Å². The Kier molecular flexibility index (Phi) is 7.30. The molecule has 41 heavy (non-hydrogen) atoms. The molecule has 1 saturated heterocycles. The monoisotopic (exact) mass is 559 g/mol. The maximum absolute atomic E-state index is 14.1. The standard InChI is InChI=1S/C32H32F3N5O/c1-22-12-14-23(15-13-22)27-20-28(32(33,34)35)40-30(37-27)26(21-36-40)31(41)39-18-16-38(17-19-39)29(24-8-4-2-5-9-24)25-10-6-3-7-11-25/h2-15,21,27-29,37H,16-20H2,1H3/t27-,28-/m0/s1. The van der Waals surface area contributed by atoms with Gasteiger partial charge in [-0.1, -0.05) is 90.5 Å². The molecule has 0 radical (unpaired) electrons. The van der Waals surface area contributed by atoms with E-state index in [0.717, 1.165) is 15.8 Å². The Morgan fingerprint density at radius 1 is 0.878 bits per heavy atom. The van der Waals surface area contributed by atoms with Crippen LogP contribution < -0.4 is 5.32 Å². The normalized spacial score (nSPS) is 19.6. The van der Waals surface area contributed by atoms with Crippen molar-refractivity contribution in [2.24, 2.45) is 0 Å². The molecule has 0 unspecified atom stereocenters. The molecule has 4 aromatic rings. The van der Waals surface area contributed by atoms with E-state index in [1.54, 1.807) is 4.90 Å². The largest absolute Gasteiger partial charge is 0.410 e. The van der Waals surface area contributed by atoms with Gasteiger partial charge in [0.1, 0.15) is 11.4 Å². The number of alkyl halides is 3. The van der Waals surface area contributed by atoms with Crippen molar-refractivity contribution in [3.8, 4) is 0 Å². The minimum absolute atomic E-state index is 0.0445. The second kappa shape index (κ2) is 11.0. The fourth-order valence-corrected chi connectivity index (χ4v) is 5.97. The van der Waals surface area contributed by atoms with Crippen LogP contribution in [0.3, 0.4) is 0 Å². The van der Waals surface area contributed by atoms with E-state index in [-0.39, 0.29) is 29.8 Å². The Balaban J connectivity index is 1.23. The molecule has 212 valence electrons. The molecule has 1 fully saturated rings. The van der Waals surface area contributed by atoms with Gasteiger partial charge in [0.15, 0.2) is 6.04 Å². The summed E-state index contributed by atoms with van der Waals surface area (Å²) in [5, 5.41) is 7.28. The minimum Gasteiger partial charge on any atom is -0.363 e. The lowest BCUT2D eigenvalue weighted by Gasteiger charge is -2.40. The molecule has 1 amide bonds. The summed E-state index contributed by atoms with van der Waals surface area (Å²) >= 11 is 0. The van der Waals surface area contributed by atoms with Gasteiger partial charge in [-0.3, -0.25) is 9.69 Å². The van der Waals surface area contributed by atoms with Crippen LogP contribution in [-0.2, 0) is 0 Å². The van der Waals surface area contributed by atoms with E-state index in [1.807, 2.05) is 67.6 Å². The lowest BCUT2D eigenvalue weighted by Crippen LogP contribution is -2.50. The molecule has 0 aliphatic carbocycles. The smallest absolute Gasteiger partial charge is 0.363 e. The zero-order chi connectivity index (χ0) is 28.6. The Labute approximate surface area is 237 Å². The van der Waals surface area contributed by atoms with Gasteiger partial charge in [0, 0.05) is 32.6 Å². The number of carbonyl (C=O) groups is 1. The first kappa shape index (κ1) is 27.1. The first-order chi connectivity index (χ1) is 19.8. The molecule has 1 N–H and O–H groups in total. The fourth-order valence-electron chi connectivity index (χ4n) is 5.97. The number of piperazine rings is 1. The van der Waals surface area contributed by atoms with E-state index in [0.29, 0.717) is 26.2 Å². The van der Waals surface area contributed by atoms with Crippen molar-refractivity contribution in [3.05, 3.63) is 119 Å². The number of nitrogens with one attached hydrogen (secondary N) is 1. The number of fused-ring (bicyclic) bond motifs is 1. The van der Waals surface area contributed by atoms with Crippen molar-refractivity contribution in [3.63, 3.8) is 0 Å². The summed E-state index contributed by atoms with van der Waals surface area (Å²) in [5.74, 6) is -0.178. The number of amides is 1. The average molecular weight is 560 g/mol. The first-order valence-corrected chi connectivity index (χ1v) is 13.9. The summed E-state index contributed by atoms with van der Waals surface area (Å²) in [5.41, 5.74) is 4.30. The van der Waals surface area contributed by atoms with E-state index >= 15 is 0 Å². The van der Waals surface area contributed by atoms with Crippen LogP contribution in [0.4, 0.5) is 19.0 Å².